The van der Waals surface area contributed by atoms with E-state index >= 15 is 0 Å². The van der Waals surface area contributed by atoms with E-state index in [1.54, 1.807) is 6.92 Å². The van der Waals surface area contributed by atoms with E-state index in [0.717, 1.165) is 0 Å². The van der Waals surface area contributed by atoms with E-state index in [2.05, 4.69) is 0 Å². The van der Waals surface area contributed by atoms with Gasteiger partial charge in [0.15, 0.2) is 5.69 Å². The van der Waals surface area contributed by atoms with Gasteiger partial charge in [0, 0.05) is 32.3 Å². The fourth-order valence-electron chi connectivity index (χ4n) is 2.88. The average Bonchev–Trinajstić information content (AvgIpc) is 2.52. The first-order valence-electron chi connectivity index (χ1n) is 7.48. The second-order valence-corrected chi connectivity index (χ2v) is 5.80. The van der Waals surface area contributed by atoms with Crippen LogP contribution in [-0.4, -0.2) is 48.9 Å². The molecule has 1 aliphatic heterocycles. The number of rotatable bonds is 5. The Bertz CT molecular complexity index is 677. The zero-order valence-electron chi connectivity index (χ0n) is 13.9. The van der Waals surface area contributed by atoms with Crippen molar-refractivity contribution in [3.8, 4) is 0 Å². The standard InChI is InChI=1S/C14H16F3N3O6/c1-8-5-18(6-10(26-8)7-25-2)13-11(19(21)22)3-9(14(15,16)17)4-12(13)20(23)24/h3-4,8,10H,5-7H2,1-2H3. The number of nitrogens with zero attached hydrogens (tertiary/aromatic N) is 3. The third kappa shape index (κ3) is 4.19. The fourth-order valence-corrected chi connectivity index (χ4v) is 2.88. The predicted octanol–water partition coefficient (Wildman–Crippen LogP) is 2.76. The quantitative estimate of drug-likeness (QED) is 0.572. The first-order chi connectivity index (χ1) is 12.0. The Balaban J connectivity index is 2.62. The van der Waals surface area contributed by atoms with Crippen LogP contribution in [0.25, 0.3) is 0 Å². The molecule has 26 heavy (non-hydrogen) atoms. The van der Waals surface area contributed by atoms with Gasteiger partial charge in [0.2, 0.25) is 0 Å². The third-order valence-corrected chi connectivity index (χ3v) is 3.79. The fraction of sp³-hybridized carbons (Fsp3) is 0.571. The van der Waals surface area contributed by atoms with Gasteiger partial charge in [-0.25, -0.2) is 0 Å². The Labute approximate surface area is 145 Å². The highest BCUT2D eigenvalue weighted by molar-refractivity contribution is 5.76. The van der Waals surface area contributed by atoms with Crippen LogP contribution in [-0.2, 0) is 15.7 Å². The number of alkyl halides is 3. The van der Waals surface area contributed by atoms with E-state index in [0.29, 0.717) is 12.1 Å². The SMILES string of the molecule is COCC1CN(c2c([N+](=O)[O-])cc(C(F)(F)F)cc2[N+](=O)[O-])CC(C)O1. The minimum absolute atomic E-state index is 0.00518. The molecule has 0 spiro atoms. The van der Waals surface area contributed by atoms with Crippen LogP contribution in [0.3, 0.4) is 0 Å². The van der Waals surface area contributed by atoms with Crippen molar-refractivity contribution < 1.29 is 32.5 Å². The Morgan fingerprint density at radius 3 is 2.19 bits per heavy atom. The summed E-state index contributed by atoms with van der Waals surface area (Å²) in [5, 5.41) is 22.7. The lowest BCUT2D eigenvalue weighted by Gasteiger charge is -2.37. The zero-order valence-corrected chi connectivity index (χ0v) is 13.9. The van der Waals surface area contributed by atoms with Crippen molar-refractivity contribution in [1.29, 1.82) is 0 Å². The van der Waals surface area contributed by atoms with Crippen molar-refractivity contribution in [2.75, 3.05) is 31.7 Å². The average molecular weight is 379 g/mol. The maximum atomic E-state index is 13.0. The first kappa shape index (κ1) is 19.8. The molecule has 12 heteroatoms. The third-order valence-electron chi connectivity index (χ3n) is 3.79. The van der Waals surface area contributed by atoms with Gasteiger partial charge in [-0.05, 0) is 6.92 Å². The second-order valence-electron chi connectivity index (χ2n) is 5.80. The molecule has 1 aliphatic rings. The summed E-state index contributed by atoms with van der Waals surface area (Å²) in [7, 11) is 1.41. The Kier molecular flexibility index (Phi) is 5.66. The van der Waals surface area contributed by atoms with Crippen molar-refractivity contribution in [3.05, 3.63) is 37.9 Å². The summed E-state index contributed by atoms with van der Waals surface area (Å²) in [6.07, 6.45) is -5.94. The largest absolute Gasteiger partial charge is 0.416 e. The van der Waals surface area contributed by atoms with Gasteiger partial charge in [-0.3, -0.25) is 20.2 Å². The van der Waals surface area contributed by atoms with Gasteiger partial charge in [-0.1, -0.05) is 0 Å². The summed E-state index contributed by atoms with van der Waals surface area (Å²) in [6.45, 7) is 1.83. The monoisotopic (exact) mass is 379 g/mol. The molecular weight excluding hydrogens is 363 g/mol. The summed E-state index contributed by atoms with van der Waals surface area (Å²) < 4.78 is 49.5. The van der Waals surface area contributed by atoms with Gasteiger partial charge in [-0.15, -0.1) is 0 Å². The molecule has 1 fully saturated rings. The Hall–Kier alpha value is -2.47. The summed E-state index contributed by atoms with van der Waals surface area (Å²) >= 11 is 0. The summed E-state index contributed by atoms with van der Waals surface area (Å²) in [6, 6.07) is 0.627. The topological polar surface area (TPSA) is 108 Å². The molecule has 0 N–H and O–H groups in total. The summed E-state index contributed by atoms with van der Waals surface area (Å²) in [4.78, 5) is 21.9. The molecule has 2 atom stereocenters. The molecule has 0 amide bonds. The van der Waals surface area contributed by atoms with Crippen LogP contribution < -0.4 is 4.90 Å². The highest BCUT2D eigenvalue weighted by atomic mass is 19.4. The van der Waals surface area contributed by atoms with Crippen LogP contribution in [0.2, 0.25) is 0 Å². The number of hydrogen-bond acceptors (Lipinski definition) is 7. The van der Waals surface area contributed by atoms with E-state index in [1.807, 2.05) is 0 Å². The van der Waals surface area contributed by atoms with Crippen molar-refractivity contribution in [3.63, 3.8) is 0 Å². The molecule has 1 saturated heterocycles. The van der Waals surface area contributed by atoms with E-state index in [9.17, 15) is 33.4 Å². The molecule has 0 bridgehead atoms. The van der Waals surface area contributed by atoms with Crippen molar-refractivity contribution in [1.82, 2.24) is 0 Å². The Morgan fingerprint density at radius 1 is 1.23 bits per heavy atom. The van der Waals surface area contributed by atoms with Gasteiger partial charge < -0.3 is 14.4 Å². The predicted molar refractivity (Wildman–Crippen MR) is 83.2 cm³/mol. The minimum atomic E-state index is -4.95. The molecule has 0 aliphatic carbocycles. The first-order valence-corrected chi connectivity index (χ1v) is 7.48. The van der Waals surface area contributed by atoms with Gasteiger partial charge in [0.05, 0.1) is 34.2 Å². The van der Waals surface area contributed by atoms with Crippen LogP contribution >= 0.6 is 0 Å². The maximum Gasteiger partial charge on any atom is 0.416 e. The highest BCUT2D eigenvalue weighted by Crippen LogP contribution is 2.43. The zero-order chi connectivity index (χ0) is 19.6. The lowest BCUT2D eigenvalue weighted by atomic mass is 10.1. The van der Waals surface area contributed by atoms with E-state index in [1.165, 1.54) is 12.0 Å². The van der Waals surface area contributed by atoms with Crippen LogP contribution in [0.1, 0.15) is 12.5 Å². The second kappa shape index (κ2) is 7.41. The molecule has 9 nitrogen and oxygen atoms in total. The van der Waals surface area contributed by atoms with Crippen molar-refractivity contribution in [2.45, 2.75) is 25.3 Å². The van der Waals surface area contributed by atoms with Crippen LogP contribution in [0, 0.1) is 20.2 Å². The molecule has 1 heterocycles. The molecule has 1 aromatic carbocycles. The van der Waals surface area contributed by atoms with Crippen molar-refractivity contribution in [2.24, 2.45) is 0 Å². The number of methoxy groups -OCH3 is 1. The highest BCUT2D eigenvalue weighted by Gasteiger charge is 2.40. The van der Waals surface area contributed by atoms with E-state index < -0.39 is 50.9 Å². The molecule has 0 radical (unpaired) electrons. The van der Waals surface area contributed by atoms with Crippen LogP contribution in [0.5, 0.6) is 0 Å². The van der Waals surface area contributed by atoms with Crippen LogP contribution in [0.15, 0.2) is 12.1 Å². The summed E-state index contributed by atoms with van der Waals surface area (Å²) in [5.74, 6) is 0. The smallest absolute Gasteiger partial charge is 0.382 e. The number of nitro benzene ring substituents is 2. The number of hydrogen-bond donors (Lipinski definition) is 0. The summed E-state index contributed by atoms with van der Waals surface area (Å²) in [5.41, 5.74) is -3.87. The number of nitro groups is 2. The van der Waals surface area contributed by atoms with Crippen LogP contribution in [0.4, 0.5) is 30.2 Å². The van der Waals surface area contributed by atoms with Gasteiger partial charge >= 0.3 is 6.18 Å². The van der Waals surface area contributed by atoms with E-state index in [-0.39, 0.29) is 19.7 Å². The number of benzene rings is 1. The molecular formula is C14H16F3N3O6. The van der Waals surface area contributed by atoms with E-state index in [4.69, 9.17) is 9.47 Å². The van der Waals surface area contributed by atoms with Gasteiger partial charge in [0.1, 0.15) is 0 Å². The van der Waals surface area contributed by atoms with Gasteiger partial charge in [0.25, 0.3) is 11.4 Å². The number of halogens is 3. The number of ether oxygens (including phenoxy) is 2. The lowest BCUT2D eigenvalue weighted by molar-refractivity contribution is -0.393. The Morgan fingerprint density at radius 2 is 1.77 bits per heavy atom. The normalized spacial score (nSPS) is 20.9. The number of morpholine rings is 1. The molecule has 0 aromatic heterocycles. The minimum Gasteiger partial charge on any atom is -0.382 e. The molecule has 2 rings (SSSR count). The molecule has 144 valence electrons. The van der Waals surface area contributed by atoms with Crippen molar-refractivity contribution >= 4 is 17.1 Å². The molecule has 0 saturated carbocycles. The number of anilines is 1. The molecule has 1 aromatic rings. The lowest BCUT2D eigenvalue weighted by Crippen LogP contribution is -2.48. The maximum absolute atomic E-state index is 13.0. The molecule has 2 unspecified atom stereocenters. The van der Waals surface area contributed by atoms with Gasteiger partial charge in [-0.2, -0.15) is 13.2 Å².